The molecule has 0 bridgehead atoms. The summed E-state index contributed by atoms with van der Waals surface area (Å²) in [6, 6.07) is 6.17. The summed E-state index contributed by atoms with van der Waals surface area (Å²) in [5.41, 5.74) is 4.90. The predicted molar refractivity (Wildman–Crippen MR) is 104 cm³/mol. The Bertz CT molecular complexity index is 957. The number of pyridine rings is 2. The van der Waals surface area contributed by atoms with Gasteiger partial charge < -0.3 is 14.4 Å². The third kappa shape index (κ3) is 3.25. The molecular formula is C20H24N6O. The molecule has 1 fully saturated rings. The molecule has 7 heteroatoms. The molecule has 2 amide bonds. The number of fused-ring (bicyclic) bond motifs is 1. The van der Waals surface area contributed by atoms with E-state index in [1.54, 1.807) is 25.2 Å². The molecule has 0 saturated carbocycles. The molecule has 0 radical (unpaired) electrons. The van der Waals surface area contributed by atoms with Gasteiger partial charge in [0.05, 0.1) is 17.5 Å². The zero-order chi connectivity index (χ0) is 19.0. The molecule has 1 saturated heterocycles. The lowest BCUT2D eigenvalue weighted by Gasteiger charge is -2.33. The Morgan fingerprint density at radius 2 is 2.04 bits per heavy atom. The molecule has 4 heterocycles. The van der Waals surface area contributed by atoms with E-state index >= 15 is 0 Å². The van der Waals surface area contributed by atoms with E-state index in [1.165, 1.54) is 0 Å². The number of aromatic nitrogens is 4. The monoisotopic (exact) mass is 364 g/mol. The number of urea groups is 1. The maximum Gasteiger partial charge on any atom is 0.319 e. The number of aryl methyl sites for hydroxylation is 1. The third-order valence-electron chi connectivity index (χ3n) is 5.23. The Labute approximate surface area is 158 Å². The molecule has 3 aromatic heterocycles. The normalized spacial score (nSPS) is 15.3. The molecule has 0 aliphatic carbocycles. The minimum absolute atomic E-state index is 0.0829. The lowest BCUT2D eigenvalue weighted by Crippen LogP contribution is -2.43. The Hall–Kier alpha value is -2.96. The van der Waals surface area contributed by atoms with Crippen molar-refractivity contribution in [2.45, 2.75) is 18.8 Å². The second-order valence-corrected chi connectivity index (χ2v) is 7.30. The number of piperidine rings is 1. The Morgan fingerprint density at radius 1 is 1.26 bits per heavy atom. The molecule has 0 atom stereocenters. The highest BCUT2D eigenvalue weighted by Crippen LogP contribution is 2.32. The number of nitrogens with zero attached hydrogens (tertiary/aromatic N) is 6. The van der Waals surface area contributed by atoms with Crippen LogP contribution in [0.3, 0.4) is 0 Å². The number of imidazole rings is 1. The number of hydrogen-bond acceptors (Lipinski definition) is 4. The van der Waals surface area contributed by atoms with Gasteiger partial charge in [-0.15, -0.1) is 0 Å². The van der Waals surface area contributed by atoms with Crippen LogP contribution >= 0.6 is 0 Å². The summed E-state index contributed by atoms with van der Waals surface area (Å²) in [4.78, 5) is 29.5. The van der Waals surface area contributed by atoms with Crippen LogP contribution in [0.5, 0.6) is 0 Å². The SMILES string of the molecule is CN(C)C(=O)N1CCC(c2cc3c(ncn3C)c(-c3cccnc3)n2)CC1. The van der Waals surface area contributed by atoms with Crippen molar-refractivity contribution in [1.82, 2.24) is 29.3 Å². The summed E-state index contributed by atoms with van der Waals surface area (Å²) in [6.45, 7) is 1.52. The van der Waals surface area contributed by atoms with Gasteiger partial charge in [0.1, 0.15) is 5.52 Å². The molecule has 4 rings (SSSR count). The van der Waals surface area contributed by atoms with Crippen molar-refractivity contribution in [3.8, 4) is 11.3 Å². The van der Waals surface area contributed by atoms with Gasteiger partial charge in [-0.1, -0.05) is 0 Å². The van der Waals surface area contributed by atoms with Crippen LogP contribution in [0.1, 0.15) is 24.5 Å². The van der Waals surface area contributed by atoms with Crippen LogP contribution < -0.4 is 0 Å². The molecule has 1 aliphatic rings. The fourth-order valence-electron chi connectivity index (χ4n) is 3.71. The maximum absolute atomic E-state index is 12.2. The molecule has 0 aromatic carbocycles. The summed E-state index contributed by atoms with van der Waals surface area (Å²) in [5, 5.41) is 0. The minimum atomic E-state index is 0.0829. The van der Waals surface area contributed by atoms with E-state index in [9.17, 15) is 4.79 Å². The highest BCUT2D eigenvalue weighted by atomic mass is 16.2. The summed E-state index contributed by atoms with van der Waals surface area (Å²) >= 11 is 0. The van der Waals surface area contributed by atoms with Gasteiger partial charge in [-0.25, -0.2) is 9.78 Å². The Morgan fingerprint density at radius 3 is 2.70 bits per heavy atom. The first-order chi connectivity index (χ1) is 13.0. The number of hydrogen-bond donors (Lipinski definition) is 0. The van der Waals surface area contributed by atoms with E-state index in [0.717, 1.165) is 53.9 Å². The van der Waals surface area contributed by atoms with Gasteiger partial charge in [-0.2, -0.15) is 0 Å². The first-order valence-electron chi connectivity index (χ1n) is 9.23. The predicted octanol–water partition coefficient (Wildman–Crippen LogP) is 2.89. The quantitative estimate of drug-likeness (QED) is 0.701. The molecule has 1 aliphatic heterocycles. The lowest BCUT2D eigenvalue weighted by atomic mass is 9.92. The Kier molecular flexibility index (Phi) is 4.51. The Balaban J connectivity index is 1.67. The van der Waals surface area contributed by atoms with Crippen LogP contribution in [0.25, 0.3) is 22.3 Å². The third-order valence-corrected chi connectivity index (χ3v) is 5.23. The van der Waals surface area contributed by atoms with E-state index in [0.29, 0.717) is 5.92 Å². The van der Waals surface area contributed by atoms with Crippen LogP contribution in [-0.2, 0) is 7.05 Å². The van der Waals surface area contributed by atoms with Gasteiger partial charge in [0.15, 0.2) is 0 Å². The molecule has 27 heavy (non-hydrogen) atoms. The van der Waals surface area contributed by atoms with Gasteiger partial charge in [0.2, 0.25) is 0 Å². The van der Waals surface area contributed by atoms with E-state index in [-0.39, 0.29) is 6.03 Å². The number of carbonyl (C=O) groups excluding carboxylic acids is 1. The van der Waals surface area contributed by atoms with E-state index < -0.39 is 0 Å². The van der Waals surface area contributed by atoms with Crippen molar-refractivity contribution in [2.75, 3.05) is 27.2 Å². The molecule has 3 aromatic rings. The van der Waals surface area contributed by atoms with Crippen LogP contribution in [0, 0.1) is 0 Å². The average molecular weight is 364 g/mol. The van der Waals surface area contributed by atoms with E-state index in [4.69, 9.17) is 4.98 Å². The second kappa shape index (κ2) is 6.98. The zero-order valence-corrected chi connectivity index (χ0v) is 16.0. The standard InChI is InChI=1S/C20H24N6O/c1-24(2)20(27)26-9-6-14(7-10-26)16-11-17-19(22-13-25(17)3)18(23-16)15-5-4-8-21-12-15/h4-5,8,11-14H,6-7,9-10H2,1-3H3. The van der Waals surface area contributed by atoms with Crippen molar-refractivity contribution < 1.29 is 4.79 Å². The van der Waals surface area contributed by atoms with Crippen molar-refractivity contribution >= 4 is 17.1 Å². The zero-order valence-electron chi connectivity index (χ0n) is 16.0. The second-order valence-electron chi connectivity index (χ2n) is 7.30. The largest absolute Gasteiger partial charge is 0.334 e. The fraction of sp³-hybridized carbons (Fsp3) is 0.400. The van der Waals surface area contributed by atoms with Gasteiger partial charge in [-0.05, 0) is 31.0 Å². The summed E-state index contributed by atoms with van der Waals surface area (Å²) in [7, 11) is 5.60. The topological polar surface area (TPSA) is 67.2 Å². The average Bonchev–Trinajstić information content (AvgIpc) is 3.08. The minimum Gasteiger partial charge on any atom is -0.334 e. The van der Waals surface area contributed by atoms with Gasteiger partial charge in [-0.3, -0.25) is 9.97 Å². The van der Waals surface area contributed by atoms with Crippen LogP contribution in [0.15, 0.2) is 36.9 Å². The van der Waals surface area contributed by atoms with Crippen LogP contribution in [0.2, 0.25) is 0 Å². The lowest BCUT2D eigenvalue weighted by molar-refractivity contribution is 0.156. The molecule has 0 N–H and O–H groups in total. The number of rotatable bonds is 2. The fourth-order valence-corrected chi connectivity index (χ4v) is 3.71. The van der Waals surface area contributed by atoms with Crippen molar-refractivity contribution in [3.05, 3.63) is 42.6 Å². The van der Waals surface area contributed by atoms with Crippen molar-refractivity contribution in [1.29, 1.82) is 0 Å². The highest BCUT2D eigenvalue weighted by molar-refractivity contribution is 5.89. The van der Waals surface area contributed by atoms with Crippen molar-refractivity contribution in [3.63, 3.8) is 0 Å². The summed E-state index contributed by atoms with van der Waals surface area (Å²) in [6.07, 6.45) is 7.26. The first kappa shape index (κ1) is 17.5. The van der Waals surface area contributed by atoms with Crippen molar-refractivity contribution in [2.24, 2.45) is 7.05 Å². The highest BCUT2D eigenvalue weighted by Gasteiger charge is 2.26. The number of amides is 2. The smallest absolute Gasteiger partial charge is 0.319 e. The van der Waals surface area contributed by atoms with Gasteiger partial charge in [0.25, 0.3) is 0 Å². The molecule has 140 valence electrons. The molecule has 0 spiro atoms. The number of likely N-dealkylation sites (tertiary alicyclic amines) is 1. The van der Waals surface area contributed by atoms with Crippen LogP contribution in [0.4, 0.5) is 4.79 Å². The molecular weight excluding hydrogens is 340 g/mol. The summed E-state index contributed by atoms with van der Waals surface area (Å²) in [5.74, 6) is 0.339. The maximum atomic E-state index is 12.2. The van der Waals surface area contributed by atoms with Gasteiger partial charge in [0, 0.05) is 63.8 Å². The van der Waals surface area contributed by atoms with E-state index in [1.807, 2.05) is 41.2 Å². The first-order valence-corrected chi connectivity index (χ1v) is 9.23. The van der Waals surface area contributed by atoms with E-state index in [2.05, 4.69) is 16.0 Å². The summed E-state index contributed by atoms with van der Waals surface area (Å²) < 4.78 is 2.03. The number of carbonyl (C=O) groups is 1. The van der Waals surface area contributed by atoms with Gasteiger partial charge >= 0.3 is 6.03 Å². The molecule has 7 nitrogen and oxygen atoms in total. The molecule has 0 unspecified atom stereocenters. The van der Waals surface area contributed by atoms with Crippen LogP contribution in [-0.4, -0.2) is 62.5 Å².